The lowest BCUT2D eigenvalue weighted by Gasteiger charge is -2.36. The first kappa shape index (κ1) is 21.8. The Bertz CT molecular complexity index is 1120. The van der Waals surface area contributed by atoms with Crippen molar-refractivity contribution < 1.29 is 9.84 Å². The Morgan fingerprint density at radius 3 is 2.60 bits per heavy atom. The topological polar surface area (TPSA) is 107 Å². The average Bonchev–Trinajstić information content (AvgIpc) is 3.08. The van der Waals surface area contributed by atoms with E-state index in [2.05, 4.69) is 36.8 Å². The van der Waals surface area contributed by atoms with Crippen LogP contribution in [0.25, 0.3) is 0 Å². The van der Waals surface area contributed by atoms with Gasteiger partial charge in [0.1, 0.15) is 5.75 Å². The van der Waals surface area contributed by atoms with Crippen LogP contribution in [-0.2, 0) is 12.0 Å². The van der Waals surface area contributed by atoms with Crippen molar-refractivity contribution in [2.45, 2.75) is 57.6 Å². The second kappa shape index (κ2) is 8.43. The van der Waals surface area contributed by atoms with E-state index in [0.717, 1.165) is 24.1 Å². The van der Waals surface area contributed by atoms with Crippen molar-refractivity contribution in [2.24, 2.45) is 9.98 Å². The summed E-state index contributed by atoms with van der Waals surface area (Å²) in [7, 11) is 1.52. The Kier molecular flexibility index (Phi) is 6.12. The molecule has 0 bridgehead atoms. The minimum atomic E-state index is -0.726. The Balaban J connectivity index is 2.17. The number of nitrogens with zero attached hydrogens (tertiary/aromatic N) is 5. The number of amidine groups is 1. The maximum absolute atomic E-state index is 10.7. The number of ether oxygens (including phenoxy) is 1. The van der Waals surface area contributed by atoms with E-state index in [4.69, 9.17) is 4.74 Å². The van der Waals surface area contributed by atoms with Crippen LogP contribution in [0.5, 0.6) is 5.75 Å². The lowest BCUT2D eigenvalue weighted by Crippen LogP contribution is -2.42. The zero-order valence-electron chi connectivity index (χ0n) is 17.6. The molecule has 7 nitrogen and oxygen atoms in total. The number of aliphatic imine (C=N–C) groups is 1. The summed E-state index contributed by atoms with van der Waals surface area (Å²) in [5.74, 6) is 0.645. The Morgan fingerprint density at radius 1 is 1.33 bits per heavy atom. The predicted molar refractivity (Wildman–Crippen MR) is 115 cm³/mol. The minimum Gasteiger partial charge on any atom is -0.496 e. The molecule has 1 aliphatic rings. The molecule has 30 heavy (non-hydrogen) atoms. The van der Waals surface area contributed by atoms with Crippen LogP contribution < -0.4 is 9.54 Å². The SMILES string of the molecule is COc1ccc(C#N)cc1C(=NC#N)/N=c1\sc(C(C)(C)C)cn1CC1(O)CCC1. The zero-order valence-corrected chi connectivity index (χ0v) is 18.5. The van der Waals surface area contributed by atoms with Crippen LogP contribution in [0.15, 0.2) is 34.4 Å². The Morgan fingerprint density at radius 2 is 2.07 bits per heavy atom. The summed E-state index contributed by atoms with van der Waals surface area (Å²) in [6.45, 7) is 6.80. The van der Waals surface area contributed by atoms with Crippen molar-refractivity contribution in [3.8, 4) is 18.0 Å². The summed E-state index contributed by atoms with van der Waals surface area (Å²) in [6, 6.07) is 7.01. The number of aromatic nitrogens is 1. The lowest BCUT2D eigenvalue weighted by molar-refractivity contribution is -0.0478. The van der Waals surface area contributed by atoms with E-state index in [-0.39, 0.29) is 11.3 Å². The molecule has 2 aromatic rings. The molecule has 0 spiro atoms. The molecule has 0 saturated heterocycles. The fraction of sp³-hybridized carbons (Fsp3) is 0.455. The summed E-state index contributed by atoms with van der Waals surface area (Å²) < 4.78 is 7.35. The van der Waals surface area contributed by atoms with Gasteiger partial charge < -0.3 is 14.4 Å². The molecule has 1 saturated carbocycles. The Labute approximate surface area is 180 Å². The van der Waals surface area contributed by atoms with Gasteiger partial charge in [-0.15, -0.1) is 11.3 Å². The molecule has 8 heteroatoms. The van der Waals surface area contributed by atoms with Crippen molar-refractivity contribution in [3.05, 3.63) is 45.2 Å². The Hall–Kier alpha value is -2.94. The first-order valence-electron chi connectivity index (χ1n) is 9.72. The smallest absolute Gasteiger partial charge is 0.207 e. The second-order valence-electron chi connectivity index (χ2n) is 8.51. The normalized spacial score (nSPS) is 16.5. The highest BCUT2D eigenvalue weighted by atomic mass is 32.1. The van der Waals surface area contributed by atoms with Gasteiger partial charge in [-0.1, -0.05) is 20.8 Å². The van der Waals surface area contributed by atoms with Gasteiger partial charge >= 0.3 is 0 Å². The van der Waals surface area contributed by atoms with E-state index in [1.165, 1.54) is 18.4 Å². The number of hydrogen-bond acceptors (Lipinski definition) is 6. The number of rotatable bonds is 4. The number of thiazole rings is 1. The molecule has 1 aromatic heterocycles. The maximum atomic E-state index is 10.7. The number of nitriles is 2. The third-order valence-electron chi connectivity index (χ3n) is 5.14. The molecule has 1 aromatic carbocycles. The van der Waals surface area contributed by atoms with Gasteiger partial charge in [-0.25, -0.2) is 0 Å². The van der Waals surface area contributed by atoms with Gasteiger partial charge in [-0.2, -0.15) is 20.5 Å². The van der Waals surface area contributed by atoms with Crippen LogP contribution in [0.1, 0.15) is 56.0 Å². The fourth-order valence-electron chi connectivity index (χ4n) is 3.22. The van der Waals surface area contributed by atoms with Crippen molar-refractivity contribution in [1.82, 2.24) is 4.57 Å². The highest BCUT2D eigenvalue weighted by Gasteiger charge is 2.35. The standard InChI is InChI=1S/C22H25N5O2S/c1-21(2,3)18-12-27(13-22(28)8-5-9-22)20(30-18)26-19(25-14-24)16-10-15(11-23)6-7-17(16)29-4/h6-7,10,12,28H,5,8-9,13H2,1-4H3/b25-19?,26-20-. The number of hydrogen-bond donors (Lipinski definition) is 1. The third-order valence-corrected chi connectivity index (χ3v) is 6.58. The quantitative estimate of drug-likeness (QED) is 0.461. The van der Waals surface area contributed by atoms with Gasteiger partial charge in [-0.3, -0.25) is 0 Å². The van der Waals surface area contributed by atoms with Crippen molar-refractivity contribution in [2.75, 3.05) is 7.11 Å². The molecule has 1 aliphatic carbocycles. The molecule has 1 N–H and O–H groups in total. The van der Waals surface area contributed by atoms with Gasteiger partial charge in [-0.05, 0) is 42.9 Å². The molecule has 0 radical (unpaired) electrons. The van der Waals surface area contributed by atoms with E-state index < -0.39 is 5.60 Å². The van der Waals surface area contributed by atoms with E-state index in [1.54, 1.807) is 24.4 Å². The summed E-state index contributed by atoms with van der Waals surface area (Å²) in [5.41, 5.74) is 0.0753. The van der Waals surface area contributed by atoms with E-state index in [1.807, 2.05) is 10.8 Å². The van der Waals surface area contributed by atoms with Crippen molar-refractivity contribution in [3.63, 3.8) is 0 Å². The minimum absolute atomic E-state index is 0.0899. The molecule has 0 amide bonds. The molecule has 0 aliphatic heterocycles. The molecular weight excluding hydrogens is 398 g/mol. The van der Waals surface area contributed by atoms with Crippen LogP contribution in [-0.4, -0.2) is 28.2 Å². The lowest BCUT2D eigenvalue weighted by atomic mass is 9.80. The highest BCUT2D eigenvalue weighted by molar-refractivity contribution is 7.09. The molecule has 1 heterocycles. The molecule has 3 rings (SSSR count). The van der Waals surface area contributed by atoms with Gasteiger partial charge in [0.15, 0.2) is 10.6 Å². The summed E-state index contributed by atoms with van der Waals surface area (Å²) >= 11 is 1.50. The fourth-order valence-corrected chi connectivity index (χ4v) is 4.27. The molecule has 0 unspecified atom stereocenters. The predicted octanol–water partition coefficient (Wildman–Crippen LogP) is 3.47. The second-order valence-corrected chi connectivity index (χ2v) is 9.52. The van der Waals surface area contributed by atoms with Crippen molar-refractivity contribution in [1.29, 1.82) is 10.5 Å². The monoisotopic (exact) mass is 423 g/mol. The number of aliphatic hydroxyl groups is 1. The van der Waals surface area contributed by atoms with Crippen molar-refractivity contribution >= 4 is 17.2 Å². The third kappa shape index (κ3) is 4.62. The summed E-state index contributed by atoms with van der Waals surface area (Å²) in [6.07, 6.45) is 6.36. The maximum Gasteiger partial charge on any atom is 0.207 e. The largest absolute Gasteiger partial charge is 0.496 e. The van der Waals surface area contributed by atoms with Crippen LogP contribution in [0.3, 0.4) is 0 Å². The highest BCUT2D eigenvalue weighted by Crippen LogP contribution is 2.34. The van der Waals surface area contributed by atoms with E-state index in [9.17, 15) is 15.6 Å². The van der Waals surface area contributed by atoms with Gasteiger partial charge in [0.25, 0.3) is 0 Å². The molecule has 156 valence electrons. The van der Waals surface area contributed by atoms with Crippen LogP contribution in [0.4, 0.5) is 0 Å². The van der Waals surface area contributed by atoms with Crippen LogP contribution in [0.2, 0.25) is 0 Å². The van der Waals surface area contributed by atoms with E-state index >= 15 is 0 Å². The molecule has 0 atom stereocenters. The van der Waals surface area contributed by atoms with Gasteiger partial charge in [0.05, 0.1) is 36.5 Å². The number of methoxy groups -OCH3 is 1. The summed E-state index contributed by atoms with van der Waals surface area (Å²) in [4.78, 5) is 10.3. The zero-order chi connectivity index (χ0) is 21.9. The van der Waals surface area contributed by atoms with E-state index in [0.29, 0.717) is 28.2 Å². The average molecular weight is 424 g/mol. The number of benzene rings is 1. The first-order chi connectivity index (χ1) is 14.2. The van der Waals surface area contributed by atoms with Gasteiger partial charge in [0.2, 0.25) is 6.19 Å². The molecular formula is C22H25N5O2S. The van der Waals surface area contributed by atoms with Crippen LogP contribution in [0, 0.1) is 22.8 Å². The van der Waals surface area contributed by atoms with Crippen LogP contribution >= 0.6 is 11.3 Å². The summed E-state index contributed by atoms with van der Waals surface area (Å²) in [5, 5.41) is 29.2. The first-order valence-corrected chi connectivity index (χ1v) is 10.5. The van der Waals surface area contributed by atoms with Gasteiger partial charge in [0, 0.05) is 11.1 Å². The molecule has 1 fully saturated rings.